The van der Waals surface area contributed by atoms with Gasteiger partial charge in [-0.05, 0) is 61.3 Å². The molecule has 1 unspecified atom stereocenters. The maximum atomic E-state index is 12.5. The number of aromatic hydroxyl groups is 1. The van der Waals surface area contributed by atoms with E-state index in [-0.39, 0.29) is 28.5 Å². The zero-order valence-electron chi connectivity index (χ0n) is 27.0. The first-order chi connectivity index (χ1) is 20.9. The summed E-state index contributed by atoms with van der Waals surface area (Å²) in [5.74, 6) is 1.65. The van der Waals surface area contributed by atoms with E-state index >= 15 is 0 Å². The average Bonchev–Trinajstić information content (AvgIpc) is 2.98. The first kappa shape index (κ1) is 38.0. The molecule has 7 heteroatoms. The monoisotopic (exact) mass is 636 g/mol. The predicted octanol–water partition coefficient (Wildman–Crippen LogP) is 9.80. The highest BCUT2D eigenvalue weighted by molar-refractivity contribution is 8.18. The minimum atomic E-state index is -0.765. The molecule has 0 saturated carbocycles. The number of carbonyl (C=O) groups is 2. The van der Waals surface area contributed by atoms with Crippen LogP contribution in [0, 0.1) is 0 Å². The van der Waals surface area contributed by atoms with Crippen molar-refractivity contribution >= 4 is 35.3 Å². The summed E-state index contributed by atoms with van der Waals surface area (Å²) in [7, 11) is 0. The molecule has 43 heavy (non-hydrogen) atoms. The first-order valence-electron chi connectivity index (χ1n) is 17.3. The average molecular weight is 637 g/mol. The van der Waals surface area contributed by atoms with E-state index in [0.29, 0.717) is 13.0 Å². The Morgan fingerprint density at radius 2 is 1.33 bits per heavy atom. The second-order valence-electron chi connectivity index (χ2n) is 12.4. The molecule has 2 N–H and O–H groups in total. The van der Waals surface area contributed by atoms with E-state index in [1.807, 2.05) is 35.7 Å². The molecule has 1 aromatic carbocycles. The zero-order valence-corrected chi connectivity index (χ0v) is 28.6. The number of phenols is 1. The Morgan fingerprint density at radius 1 is 0.814 bits per heavy atom. The molecule has 0 aromatic heterocycles. The van der Waals surface area contributed by atoms with Crippen molar-refractivity contribution in [1.82, 2.24) is 0 Å². The SMILES string of the molecule is CCCCCCCCCCCCCCCCCCOC(=O)CC(=O)CC(O)CC1(CCc2ccc(O)cc2)SCCCS1. The predicted molar refractivity (Wildman–Crippen MR) is 184 cm³/mol. The standard InChI is InChI=1S/C36H60O5S2/c1-2-3-4-5-6-7-8-9-10-11-12-13-14-15-16-17-25-41-35(40)29-33(38)28-34(39)30-36(42-26-18-27-43-36)24-23-31-19-21-32(37)22-20-31/h19-22,34,37,39H,2-18,23-30H2,1H3. The molecule has 1 atom stereocenters. The van der Waals surface area contributed by atoms with Crippen LogP contribution >= 0.6 is 23.5 Å². The van der Waals surface area contributed by atoms with Crippen LogP contribution in [0.15, 0.2) is 24.3 Å². The number of aliphatic hydroxyl groups is 1. The molecule has 5 nitrogen and oxygen atoms in total. The van der Waals surface area contributed by atoms with Gasteiger partial charge in [-0.25, -0.2) is 0 Å². The number of benzene rings is 1. The van der Waals surface area contributed by atoms with Crippen LogP contribution in [0.3, 0.4) is 0 Å². The molecule has 1 fully saturated rings. The number of hydrogen-bond donors (Lipinski definition) is 2. The van der Waals surface area contributed by atoms with Crippen LogP contribution < -0.4 is 0 Å². The lowest BCUT2D eigenvalue weighted by molar-refractivity contribution is -0.146. The van der Waals surface area contributed by atoms with E-state index in [2.05, 4.69) is 6.92 Å². The Balaban J connectivity index is 1.47. The highest BCUT2D eigenvalue weighted by Gasteiger charge is 2.36. The third kappa shape index (κ3) is 19.1. The lowest BCUT2D eigenvalue weighted by atomic mass is 10.0. The Hall–Kier alpha value is -1.18. The second-order valence-corrected chi connectivity index (χ2v) is 15.6. The minimum Gasteiger partial charge on any atom is -0.508 e. The number of carbonyl (C=O) groups excluding carboxylic acids is 2. The van der Waals surface area contributed by atoms with E-state index in [9.17, 15) is 19.8 Å². The minimum absolute atomic E-state index is 0.00374. The number of rotatable bonds is 26. The number of unbranched alkanes of at least 4 members (excludes halogenated alkanes) is 15. The van der Waals surface area contributed by atoms with Crippen molar-refractivity contribution in [3.05, 3.63) is 29.8 Å². The normalized spacial score (nSPS) is 15.3. The number of aliphatic hydroxyl groups excluding tert-OH is 1. The summed E-state index contributed by atoms with van der Waals surface area (Å²) < 4.78 is 5.18. The lowest BCUT2D eigenvalue weighted by Crippen LogP contribution is -2.32. The smallest absolute Gasteiger partial charge is 0.313 e. The molecule has 0 spiro atoms. The van der Waals surface area contributed by atoms with Crippen molar-refractivity contribution in [1.29, 1.82) is 0 Å². The number of aryl methyl sites for hydroxylation is 1. The first-order valence-corrected chi connectivity index (χ1v) is 19.3. The fourth-order valence-corrected chi connectivity index (χ4v) is 9.24. The molecule has 0 bridgehead atoms. The fourth-order valence-electron chi connectivity index (χ4n) is 5.79. The van der Waals surface area contributed by atoms with Gasteiger partial charge in [0.05, 0.1) is 16.8 Å². The van der Waals surface area contributed by atoms with Crippen LogP contribution in [0.1, 0.15) is 147 Å². The van der Waals surface area contributed by atoms with Gasteiger partial charge in [-0.3, -0.25) is 9.59 Å². The molecule has 1 heterocycles. The third-order valence-corrected chi connectivity index (χ3v) is 11.8. The van der Waals surface area contributed by atoms with Crippen molar-refractivity contribution in [2.75, 3.05) is 18.1 Å². The fraction of sp³-hybridized carbons (Fsp3) is 0.778. The van der Waals surface area contributed by atoms with Gasteiger partial charge in [0.25, 0.3) is 0 Å². The van der Waals surface area contributed by atoms with Crippen molar-refractivity contribution in [2.24, 2.45) is 0 Å². The third-order valence-electron chi connectivity index (χ3n) is 8.36. The second kappa shape index (κ2) is 24.1. The van der Waals surface area contributed by atoms with Crippen LogP contribution in [-0.4, -0.2) is 50.3 Å². The number of ether oxygens (including phenoxy) is 1. The number of ketones is 1. The molecular weight excluding hydrogens is 577 g/mol. The molecule has 1 aliphatic heterocycles. The summed E-state index contributed by atoms with van der Waals surface area (Å²) in [4.78, 5) is 24.7. The largest absolute Gasteiger partial charge is 0.508 e. The Morgan fingerprint density at radius 3 is 1.86 bits per heavy atom. The molecule has 0 radical (unpaired) electrons. The summed E-state index contributed by atoms with van der Waals surface area (Å²) in [6.45, 7) is 2.65. The van der Waals surface area contributed by atoms with Crippen LogP contribution in [0.4, 0.5) is 0 Å². The Labute approximate surface area is 271 Å². The van der Waals surface area contributed by atoms with E-state index in [1.165, 1.54) is 89.9 Å². The molecule has 2 rings (SSSR count). The Kier molecular flexibility index (Phi) is 21.3. The topological polar surface area (TPSA) is 83.8 Å². The number of hydrogen-bond acceptors (Lipinski definition) is 7. The van der Waals surface area contributed by atoms with Gasteiger partial charge in [0.1, 0.15) is 18.0 Å². The van der Waals surface area contributed by atoms with Gasteiger partial charge in [0.15, 0.2) is 0 Å². The van der Waals surface area contributed by atoms with Crippen molar-refractivity contribution in [2.45, 2.75) is 158 Å². The molecule has 1 saturated heterocycles. The zero-order chi connectivity index (χ0) is 31.0. The van der Waals surface area contributed by atoms with Crippen molar-refractivity contribution in [3.8, 4) is 5.75 Å². The van der Waals surface area contributed by atoms with Crippen LogP contribution in [-0.2, 0) is 20.7 Å². The van der Waals surface area contributed by atoms with Crippen LogP contribution in [0.25, 0.3) is 0 Å². The number of thioether (sulfide) groups is 2. The summed E-state index contributed by atoms with van der Waals surface area (Å²) in [6, 6.07) is 7.28. The van der Waals surface area contributed by atoms with Crippen LogP contribution in [0.5, 0.6) is 5.75 Å². The van der Waals surface area contributed by atoms with Gasteiger partial charge in [0.2, 0.25) is 0 Å². The molecule has 1 aliphatic rings. The van der Waals surface area contributed by atoms with Crippen molar-refractivity contribution in [3.63, 3.8) is 0 Å². The number of Topliss-reactive ketones (excluding diaryl/α,β-unsaturated/α-hetero) is 1. The van der Waals surface area contributed by atoms with E-state index in [0.717, 1.165) is 49.2 Å². The van der Waals surface area contributed by atoms with Gasteiger partial charge in [-0.1, -0.05) is 115 Å². The van der Waals surface area contributed by atoms with Gasteiger partial charge in [-0.15, -0.1) is 23.5 Å². The highest BCUT2D eigenvalue weighted by Crippen LogP contribution is 2.49. The summed E-state index contributed by atoms with van der Waals surface area (Å²) in [6.07, 6.45) is 23.2. The highest BCUT2D eigenvalue weighted by atomic mass is 32.2. The summed E-state index contributed by atoms with van der Waals surface area (Å²) in [5, 5.41) is 20.3. The molecule has 0 aliphatic carbocycles. The maximum Gasteiger partial charge on any atom is 0.313 e. The van der Waals surface area contributed by atoms with E-state index in [4.69, 9.17) is 4.74 Å². The molecule has 0 amide bonds. The van der Waals surface area contributed by atoms with Crippen molar-refractivity contribution < 1.29 is 24.5 Å². The quantitative estimate of drug-likeness (QED) is 0.0595. The van der Waals surface area contributed by atoms with Gasteiger partial charge in [-0.2, -0.15) is 0 Å². The van der Waals surface area contributed by atoms with Crippen LogP contribution in [0.2, 0.25) is 0 Å². The summed E-state index contributed by atoms with van der Waals surface area (Å²) in [5.41, 5.74) is 1.15. The summed E-state index contributed by atoms with van der Waals surface area (Å²) >= 11 is 3.76. The molecular formula is C36H60O5S2. The number of esters is 1. The van der Waals surface area contributed by atoms with E-state index < -0.39 is 12.1 Å². The Bertz CT molecular complexity index is 854. The molecule has 246 valence electrons. The van der Waals surface area contributed by atoms with Gasteiger partial charge < -0.3 is 14.9 Å². The number of phenolic OH excluding ortho intramolecular Hbond substituents is 1. The van der Waals surface area contributed by atoms with E-state index in [1.54, 1.807) is 12.1 Å². The maximum absolute atomic E-state index is 12.5. The van der Waals surface area contributed by atoms with Gasteiger partial charge >= 0.3 is 5.97 Å². The lowest BCUT2D eigenvalue weighted by Gasteiger charge is -2.37. The van der Waals surface area contributed by atoms with Gasteiger partial charge in [0, 0.05) is 6.42 Å². The molecule has 1 aromatic rings.